The van der Waals surface area contributed by atoms with E-state index in [0.29, 0.717) is 12.4 Å². The highest BCUT2D eigenvalue weighted by Gasteiger charge is 2.40. The zero-order chi connectivity index (χ0) is 36.5. The van der Waals surface area contributed by atoms with Crippen LogP contribution in [0.5, 0.6) is 0 Å². The van der Waals surface area contributed by atoms with E-state index in [-0.39, 0.29) is 35.2 Å². The zero-order valence-electron chi connectivity index (χ0n) is 29.3. The number of carbonyl (C=O) groups excluding carboxylic acids is 4. The van der Waals surface area contributed by atoms with Crippen LogP contribution in [0.2, 0.25) is 0 Å². The van der Waals surface area contributed by atoms with E-state index in [9.17, 15) is 23.6 Å². The molecule has 0 bridgehead atoms. The largest absolute Gasteiger partial charge is 0.456 e. The third-order valence-corrected chi connectivity index (χ3v) is 8.26. The number of nitrogens with one attached hydrogen (secondary N) is 1. The van der Waals surface area contributed by atoms with Crippen molar-refractivity contribution >= 4 is 34.8 Å². The molecule has 2 amide bonds. The molecule has 1 unspecified atom stereocenters. The molecule has 1 N–H and O–H groups in total. The van der Waals surface area contributed by atoms with Crippen molar-refractivity contribution in [3.63, 3.8) is 0 Å². The number of rotatable bonds is 13. The molecule has 0 aliphatic heterocycles. The van der Waals surface area contributed by atoms with Crippen LogP contribution in [-0.4, -0.2) is 68.6 Å². The summed E-state index contributed by atoms with van der Waals surface area (Å²) in [7, 11) is 0. The number of aromatic nitrogens is 2. The molecule has 1 aromatic heterocycles. The van der Waals surface area contributed by atoms with Gasteiger partial charge in [0.05, 0.1) is 11.7 Å². The predicted octanol–water partition coefficient (Wildman–Crippen LogP) is 6.78. The van der Waals surface area contributed by atoms with Crippen molar-refractivity contribution in [1.29, 1.82) is 0 Å². The molecule has 0 aliphatic carbocycles. The first-order valence-electron chi connectivity index (χ1n) is 15.9. The average Bonchev–Trinajstić information content (AvgIpc) is 3.39. The maximum atomic E-state index is 15.1. The molecule has 13 heteroatoms. The van der Waals surface area contributed by atoms with Crippen molar-refractivity contribution in [3.8, 4) is 11.3 Å². The molecule has 2 aromatic carbocycles. The smallest absolute Gasteiger partial charge is 0.407 e. The highest BCUT2D eigenvalue weighted by molar-refractivity contribution is 8.13. The summed E-state index contributed by atoms with van der Waals surface area (Å²) in [6.07, 6.45) is 0.969. The third-order valence-electron chi connectivity index (χ3n) is 7.21. The van der Waals surface area contributed by atoms with Crippen LogP contribution in [-0.2, 0) is 30.4 Å². The summed E-state index contributed by atoms with van der Waals surface area (Å²) in [5, 5.41) is 2.60. The molecule has 1 heterocycles. The van der Waals surface area contributed by atoms with Gasteiger partial charge in [0, 0.05) is 56.9 Å². The van der Waals surface area contributed by atoms with Gasteiger partial charge in [-0.05, 0) is 49.9 Å². The lowest BCUT2D eigenvalue weighted by Gasteiger charge is -2.41. The number of carbonyl (C=O) groups is 4. The number of nitrogens with zero attached hydrogens (tertiary/aromatic N) is 3. The zero-order valence-corrected chi connectivity index (χ0v) is 30.2. The summed E-state index contributed by atoms with van der Waals surface area (Å²) in [6.45, 7) is 13.4. The van der Waals surface area contributed by atoms with E-state index >= 15 is 4.39 Å². The molecule has 0 radical (unpaired) electrons. The maximum Gasteiger partial charge on any atom is 0.407 e. The van der Waals surface area contributed by atoms with Gasteiger partial charge < -0.3 is 24.3 Å². The Morgan fingerprint density at radius 1 is 1.00 bits per heavy atom. The Hall–Kier alpha value is -4.26. The second-order valence-electron chi connectivity index (χ2n) is 13.9. The normalized spacial score (nSPS) is 12.9. The van der Waals surface area contributed by atoms with Crippen molar-refractivity contribution in [2.75, 3.05) is 25.4 Å². The van der Waals surface area contributed by atoms with Gasteiger partial charge in [-0.1, -0.05) is 62.9 Å². The van der Waals surface area contributed by atoms with Crippen LogP contribution in [0.15, 0.2) is 54.7 Å². The fraction of sp³-hybridized carbons (Fsp3) is 0.472. The van der Waals surface area contributed by atoms with E-state index in [2.05, 4.69) is 5.32 Å². The number of esters is 1. The third kappa shape index (κ3) is 12.3. The van der Waals surface area contributed by atoms with E-state index in [1.165, 1.54) is 18.7 Å². The lowest BCUT2D eigenvalue weighted by Crippen LogP contribution is -2.48. The Morgan fingerprint density at radius 3 is 2.27 bits per heavy atom. The molecule has 2 atom stereocenters. The highest BCUT2D eigenvalue weighted by Crippen LogP contribution is 2.40. The second-order valence-corrected chi connectivity index (χ2v) is 15.1. The van der Waals surface area contributed by atoms with Crippen LogP contribution >= 0.6 is 11.8 Å². The van der Waals surface area contributed by atoms with E-state index < -0.39 is 59.2 Å². The maximum absolute atomic E-state index is 15.1. The van der Waals surface area contributed by atoms with E-state index in [0.717, 1.165) is 35.5 Å². The molecule has 0 saturated carbocycles. The fourth-order valence-corrected chi connectivity index (χ4v) is 5.90. The topological polar surface area (TPSA) is 120 Å². The minimum absolute atomic E-state index is 0.0139. The van der Waals surface area contributed by atoms with Crippen molar-refractivity contribution in [1.82, 2.24) is 19.8 Å². The highest BCUT2D eigenvalue weighted by atomic mass is 32.2. The number of alkyl carbamates (subject to hydrolysis) is 1. The van der Waals surface area contributed by atoms with Crippen LogP contribution in [0.3, 0.4) is 0 Å². The average molecular weight is 701 g/mol. The molecule has 49 heavy (non-hydrogen) atoms. The summed E-state index contributed by atoms with van der Waals surface area (Å²) in [5.74, 6) is -2.33. The minimum Gasteiger partial charge on any atom is -0.456 e. The molecule has 266 valence electrons. The van der Waals surface area contributed by atoms with Gasteiger partial charge in [0.2, 0.25) is 0 Å². The Balaban J connectivity index is 2.18. The quantitative estimate of drug-likeness (QED) is 0.194. The van der Waals surface area contributed by atoms with Crippen LogP contribution < -0.4 is 5.32 Å². The fourth-order valence-electron chi connectivity index (χ4n) is 5.20. The first-order valence-corrected chi connectivity index (χ1v) is 16.9. The van der Waals surface area contributed by atoms with Crippen molar-refractivity contribution in [2.24, 2.45) is 11.3 Å². The lowest BCUT2D eigenvalue weighted by molar-refractivity contribution is -0.153. The lowest BCUT2D eigenvalue weighted by atomic mass is 9.84. The van der Waals surface area contributed by atoms with Gasteiger partial charge in [0.25, 0.3) is 5.91 Å². The number of hydrogen-bond acceptors (Lipinski definition) is 8. The monoisotopic (exact) mass is 700 g/mol. The molecule has 3 rings (SSSR count). The summed E-state index contributed by atoms with van der Waals surface area (Å²) >= 11 is 1.05. The molecule has 0 fully saturated rings. The van der Waals surface area contributed by atoms with Gasteiger partial charge in [-0.25, -0.2) is 18.6 Å². The number of hydrogen-bond donors (Lipinski definition) is 1. The molecule has 10 nitrogen and oxygen atoms in total. The second kappa shape index (κ2) is 16.9. The number of thioether (sulfide) groups is 1. The molecule has 0 spiro atoms. The van der Waals surface area contributed by atoms with Crippen LogP contribution in [0.1, 0.15) is 72.8 Å². The van der Waals surface area contributed by atoms with Gasteiger partial charge >= 0.3 is 12.1 Å². The van der Waals surface area contributed by atoms with E-state index in [4.69, 9.17) is 14.5 Å². The Morgan fingerprint density at radius 2 is 1.67 bits per heavy atom. The Labute approximate surface area is 290 Å². The van der Waals surface area contributed by atoms with Crippen LogP contribution in [0.25, 0.3) is 11.3 Å². The number of halogens is 2. The first-order chi connectivity index (χ1) is 22.8. The first kappa shape index (κ1) is 39.2. The van der Waals surface area contributed by atoms with Crippen molar-refractivity contribution < 1.29 is 37.4 Å². The van der Waals surface area contributed by atoms with Gasteiger partial charge in [0.1, 0.15) is 23.1 Å². The number of benzene rings is 2. The molecular weight excluding hydrogens is 654 g/mol. The number of amides is 2. The number of ether oxygens (including phenoxy) is 2. The molecular formula is C36H46F2N4O6S. The van der Waals surface area contributed by atoms with E-state index in [1.807, 2.05) is 51.1 Å². The van der Waals surface area contributed by atoms with Gasteiger partial charge in [-0.2, -0.15) is 0 Å². The summed E-state index contributed by atoms with van der Waals surface area (Å²) < 4.78 is 41.8. The Bertz CT molecular complexity index is 1620. The van der Waals surface area contributed by atoms with E-state index in [1.54, 1.807) is 31.5 Å². The SMILES string of the molecule is CC(=O)OCC(=O)N(CC(CNC(=O)OC(C)(C)C)CSC(C)=O)[C@@H](c1nc(-c2cc(F)ccc2F)cn1Cc1ccccc1)C(C)(C)C. The molecule has 3 aromatic rings. The van der Waals surface area contributed by atoms with Crippen LogP contribution in [0, 0.1) is 23.0 Å². The summed E-state index contributed by atoms with van der Waals surface area (Å²) in [4.78, 5) is 56.9. The molecule has 0 saturated heterocycles. The number of imidazole rings is 1. The van der Waals surface area contributed by atoms with Crippen molar-refractivity contribution in [3.05, 3.63) is 77.8 Å². The van der Waals surface area contributed by atoms with Gasteiger partial charge in [-0.15, -0.1) is 0 Å². The molecule has 0 aliphatic rings. The minimum atomic E-state index is -0.809. The Kier molecular flexibility index (Phi) is 13.5. The van der Waals surface area contributed by atoms with Crippen molar-refractivity contribution in [2.45, 2.75) is 73.6 Å². The standard InChI is InChI=1S/C36H46F2N4O6S/c1-23(43)47-21-31(45)42(19-26(22-49-24(2)44)17-39-34(46)48-36(6,7)8)32(35(3,4)5)33-40-30(28-16-27(37)14-15-29(28)38)20-41(33)18-25-12-10-9-11-13-25/h9-16,20,26,32H,17-19,21-22H2,1-8H3,(H,39,46)/t26?,32-/m0/s1. The summed E-state index contributed by atoms with van der Waals surface area (Å²) in [5.41, 5.74) is -0.447. The van der Waals surface area contributed by atoms with Gasteiger partial charge in [0.15, 0.2) is 11.7 Å². The summed E-state index contributed by atoms with van der Waals surface area (Å²) in [6, 6.07) is 11.8. The van der Waals surface area contributed by atoms with Crippen LogP contribution in [0.4, 0.5) is 13.6 Å². The van der Waals surface area contributed by atoms with Gasteiger partial charge in [-0.3, -0.25) is 14.4 Å². The predicted molar refractivity (Wildman–Crippen MR) is 185 cm³/mol.